The van der Waals surface area contributed by atoms with E-state index in [4.69, 9.17) is 11.6 Å². The van der Waals surface area contributed by atoms with E-state index in [1.54, 1.807) is 6.20 Å². The molecule has 182 valence electrons. The molecule has 1 fully saturated rings. The smallest absolute Gasteiger partial charge is 0.306 e. The van der Waals surface area contributed by atoms with Crippen LogP contribution in [0.5, 0.6) is 0 Å². The summed E-state index contributed by atoms with van der Waals surface area (Å²) in [6, 6.07) is 17.5. The van der Waals surface area contributed by atoms with Crippen molar-refractivity contribution in [2.75, 3.05) is 18.0 Å². The van der Waals surface area contributed by atoms with E-state index in [-0.39, 0.29) is 11.8 Å². The molecular formula is C28H30ClN3O3. The minimum atomic E-state index is -0.705. The van der Waals surface area contributed by atoms with Crippen LogP contribution in [0.3, 0.4) is 0 Å². The van der Waals surface area contributed by atoms with Crippen LogP contribution in [0.1, 0.15) is 59.2 Å². The highest BCUT2D eigenvalue weighted by Gasteiger charge is 2.26. The molecule has 4 rings (SSSR count). The summed E-state index contributed by atoms with van der Waals surface area (Å²) >= 11 is 6.23. The third-order valence-electron chi connectivity index (χ3n) is 7.00. The first-order valence-corrected chi connectivity index (χ1v) is 12.3. The number of hydrogen-bond donors (Lipinski definition) is 1. The molecule has 2 atom stereocenters. The zero-order valence-corrected chi connectivity index (χ0v) is 20.8. The minimum Gasteiger partial charge on any atom is -0.481 e. The molecule has 1 aliphatic rings. The summed E-state index contributed by atoms with van der Waals surface area (Å²) in [4.78, 5) is 29.7. The van der Waals surface area contributed by atoms with Crippen molar-refractivity contribution in [3.05, 3.63) is 98.7 Å². The minimum absolute atomic E-state index is 0.0461. The fraction of sp³-hybridized carbons (Fsp3) is 0.357. The zero-order valence-electron chi connectivity index (χ0n) is 20.0. The second kappa shape index (κ2) is 11.0. The van der Waals surface area contributed by atoms with Gasteiger partial charge in [0.1, 0.15) is 6.04 Å². The van der Waals surface area contributed by atoms with E-state index in [0.717, 1.165) is 46.7 Å². The highest BCUT2D eigenvalue weighted by atomic mass is 35.5. The Bertz CT molecular complexity index is 1190. The van der Waals surface area contributed by atoms with E-state index in [2.05, 4.69) is 39.3 Å². The predicted octanol–water partition coefficient (Wildman–Crippen LogP) is 6.68. The van der Waals surface area contributed by atoms with Gasteiger partial charge in [-0.1, -0.05) is 35.0 Å². The number of nitrogens with zero attached hydrogens (tertiary/aromatic N) is 3. The van der Waals surface area contributed by atoms with E-state index < -0.39 is 12.0 Å². The highest BCUT2D eigenvalue weighted by molar-refractivity contribution is 6.30. The molecule has 1 aliphatic heterocycles. The zero-order chi connectivity index (χ0) is 24.9. The number of aryl methyl sites for hydroxylation is 2. The molecule has 0 radical (unpaired) electrons. The molecule has 1 aromatic heterocycles. The van der Waals surface area contributed by atoms with Gasteiger partial charge in [0.15, 0.2) is 0 Å². The van der Waals surface area contributed by atoms with Crippen LogP contribution in [-0.2, 0) is 4.79 Å². The molecule has 35 heavy (non-hydrogen) atoms. The number of carboxylic acids is 1. The van der Waals surface area contributed by atoms with E-state index in [1.807, 2.05) is 44.2 Å². The van der Waals surface area contributed by atoms with E-state index in [1.165, 1.54) is 0 Å². The molecule has 3 aromatic rings. The third-order valence-corrected chi connectivity index (χ3v) is 7.24. The first-order valence-electron chi connectivity index (χ1n) is 11.9. The summed E-state index contributed by atoms with van der Waals surface area (Å²) in [5.74, 6) is -1.01. The predicted molar refractivity (Wildman–Crippen MR) is 139 cm³/mol. The van der Waals surface area contributed by atoms with Crippen molar-refractivity contribution in [1.29, 1.82) is 0 Å². The Morgan fingerprint density at radius 2 is 1.80 bits per heavy atom. The molecule has 1 unspecified atom stereocenters. The largest absolute Gasteiger partial charge is 0.481 e. The Hall–Kier alpha value is -3.25. The number of aromatic nitrogens is 1. The summed E-state index contributed by atoms with van der Waals surface area (Å²) < 4.78 is 0. The quantitative estimate of drug-likeness (QED) is 0.355. The first kappa shape index (κ1) is 24.9. The van der Waals surface area contributed by atoms with Crippen LogP contribution in [0.2, 0.25) is 5.02 Å². The Balaban J connectivity index is 1.62. The van der Waals surface area contributed by atoms with Gasteiger partial charge in [-0.2, -0.15) is 4.91 Å². The molecule has 2 heterocycles. The maximum atomic E-state index is 11.9. The molecule has 0 saturated carbocycles. The highest BCUT2D eigenvalue weighted by Crippen LogP contribution is 2.38. The number of benzene rings is 2. The van der Waals surface area contributed by atoms with Crippen molar-refractivity contribution >= 4 is 23.3 Å². The second-order valence-corrected chi connectivity index (χ2v) is 9.77. The molecule has 2 aromatic carbocycles. The normalized spacial score (nSPS) is 16.0. The first-order chi connectivity index (χ1) is 16.9. The lowest BCUT2D eigenvalue weighted by atomic mass is 9.82. The SMILES string of the molecule is Cc1cc(C(C[C@@H](c2ccc(N3CCC(C(=O)O)CC3)cc2)c2ccc(Cl)cc2C)N=O)ccn1. The lowest BCUT2D eigenvalue weighted by molar-refractivity contribution is -0.142. The molecule has 0 spiro atoms. The van der Waals surface area contributed by atoms with Gasteiger partial charge in [0, 0.05) is 41.6 Å². The Labute approximate surface area is 210 Å². The van der Waals surface area contributed by atoms with E-state index >= 15 is 0 Å². The monoisotopic (exact) mass is 491 g/mol. The van der Waals surface area contributed by atoms with Crippen molar-refractivity contribution in [3.63, 3.8) is 0 Å². The third kappa shape index (κ3) is 5.88. The van der Waals surface area contributed by atoms with Crippen LogP contribution in [0.4, 0.5) is 5.69 Å². The standard InChI is InChI=1S/C28H30ClN3O3/c1-18-15-23(29)5-8-25(18)26(17-27(31-35)22-9-12-30-19(2)16-22)20-3-6-24(7-4-20)32-13-10-21(11-14-32)28(33)34/h3-9,12,15-16,21,26-27H,10-11,13-14,17H2,1-2H3,(H,33,34)/t26-,27?/m0/s1. The van der Waals surface area contributed by atoms with Gasteiger partial charge in [0.2, 0.25) is 0 Å². The van der Waals surface area contributed by atoms with Crippen LogP contribution in [-0.4, -0.2) is 29.1 Å². The molecule has 1 N–H and O–H groups in total. The number of nitroso groups, excluding NO2 is 1. The number of anilines is 1. The number of rotatable bonds is 8. The van der Waals surface area contributed by atoms with Gasteiger partial charge in [0.05, 0.1) is 5.92 Å². The maximum Gasteiger partial charge on any atom is 0.306 e. The average molecular weight is 492 g/mol. The molecular weight excluding hydrogens is 462 g/mol. The Morgan fingerprint density at radius 3 is 2.40 bits per heavy atom. The number of carboxylic acid groups (broad SMARTS) is 1. The van der Waals surface area contributed by atoms with E-state index in [9.17, 15) is 14.8 Å². The van der Waals surface area contributed by atoms with Crippen LogP contribution >= 0.6 is 11.6 Å². The van der Waals surface area contributed by atoms with Gasteiger partial charge in [-0.15, -0.1) is 0 Å². The van der Waals surface area contributed by atoms with Crippen LogP contribution in [0.25, 0.3) is 0 Å². The van der Waals surface area contributed by atoms with Crippen LogP contribution < -0.4 is 4.90 Å². The molecule has 1 saturated heterocycles. The number of pyridine rings is 1. The summed E-state index contributed by atoms with van der Waals surface area (Å²) in [5, 5.41) is 13.4. The van der Waals surface area contributed by atoms with Crippen molar-refractivity contribution < 1.29 is 9.90 Å². The van der Waals surface area contributed by atoms with Gasteiger partial charge in [-0.25, -0.2) is 0 Å². The second-order valence-electron chi connectivity index (χ2n) is 9.33. The fourth-order valence-electron chi connectivity index (χ4n) is 5.01. The van der Waals surface area contributed by atoms with Crippen molar-refractivity contribution in [2.45, 2.75) is 45.1 Å². The van der Waals surface area contributed by atoms with Crippen molar-refractivity contribution in [2.24, 2.45) is 11.1 Å². The molecule has 0 aliphatic carbocycles. The summed E-state index contributed by atoms with van der Waals surface area (Å²) in [6.45, 7) is 5.41. The molecule has 0 bridgehead atoms. The van der Waals surface area contributed by atoms with Gasteiger partial charge >= 0.3 is 5.97 Å². The lowest BCUT2D eigenvalue weighted by Crippen LogP contribution is -2.36. The fourth-order valence-corrected chi connectivity index (χ4v) is 5.24. The van der Waals surface area contributed by atoms with Crippen molar-refractivity contribution in [1.82, 2.24) is 4.98 Å². The van der Waals surface area contributed by atoms with Gasteiger partial charge < -0.3 is 10.0 Å². The number of hydrogen-bond acceptors (Lipinski definition) is 5. The van der Waals surface area contributed by atoms with Gasteiger partial charge in [-0.05, 0) is 91.8 Å². The van der Waals surface area contributed by atoms with Gasteiger partial charge in [0.25, 0.3) is 0 Å². The maximum absolute atomic E-state index is 11.9. The number of aliphatic carboxylic acids is 1. The Kier molecular flexibility index (Phi) is 7.81. The van der Waals surface area contributed by atoms with Gasteiger partial charge in [-0.3, -0.25) is 9.78 Å². The topological polar surface area (TPSA) is 82.9 Å². The molecule has 6 nitrogen and oxygen atoms in total. The Morgan fingerprint density at radius 1 is 1.09 bits per heavy atom. The summed E-state index contributed by atoms with van der Waals surface area (Å²) in [7, 11) is 0. The summed E-state index contributed by atoms with van der Waals surface area (Å²) in [6.07, 6.45) is 3.55. The number of carbonyl (C=O) groups is 1. The van der Waals surface area contributed by atoms with E-state index in [0.29, 0.717) is 24.3 Å². The summed E-state index contributed by atoms with van der Waals surface area (Å²) in [5.41, 5.74) is 6.08. The van der Waals surface area contributed by atoms with Crippen LogP contribution in [0.15, 0.2) is 66.0 Å². The average Bonchev–Trinajstić information content (AvgIpc) is 2.86. The number of piperidine rings is 1. The lowest BCUT2D eigenvalue weighted by Gasteiger charge is -2.32. The van der Waals surface area contributed by atoms with Crippen molar-refractivity contribution in [3.8, 4) is 0 Å². The molecule has 0 amide bonds. The molecule has 7 heteroatoms. The number of halogens is 1. The van der Waals surface area contributed by atoms with Crippen LogP contribution in [0, 0.1) is 24.7 Å².